The van der Waals surface area contributed by atoms with Gasteiger partial charge < -0.3 is 0 Å². The van der Waals surface area contributed by atoms with Crippen molar-refractivity contribution in [3.05, 3.63) is 97.1 Å². The van der Waals surface area contributed by atoms with Gasteiger partial charge in [0.1, 0.15) is 0 Å². The maximum Gasteiger partial charge on any atom is -0.0149 e. The first-order valence-corrected chi connectivity index (χ1v) is 8.97. The third-order valence-electron chi connectivity index (χ3n) is 3.50. The quantitative estimate of drug-likeness (QED) is 0.418. The molecule has 0 aromatic heterocycles. The fraction of sp³-hybridized carbons (Fsp3) is 0.200. The Morgan fingerprint density at radius 3 is 1.32 bits per heavy atom. The molecule has 0 saturated carbocycles. The summed E-state index contributed by atoms with van der Waals surface area (Å²) in [6.07, 6.45) is 3.00. The normalized spacial score (nSPS) is 9.12. The van der Waals surface area contributed by atoms with Crippen LogP contribution in [0, 0.1) is 6.92 Å². The first kappa shape index (κ1) is 20.4. The average Bonchev–Trinajstić information content (AvgIpc) is 2.65. The topological polar surface area (TPSA) is 0 Å². The number of rotatable bonds is 2. The lowest BCUT2D eigenvalue weighted by molar-refractivity contribution is 1.09. The highest BCUT2D eigenvalue weighted by Gasteiger charge is 2.06. The molecule has 3 aromatic rings. The Labute approximate surface area is 153 Å². The van der Waals surface area contributed by atoms with E-state index in [0.717, 1.165) is 0 Å². The molecule has 130 valence electrons. The smallest absolute Gasteiger partial charge is 0.0149 e. The maximum atomic E-state index is 3.36. The van der Waals surface area contributed by atoms with Crippen molar-refractivity contribution in [3.8, 4) is 22.3 Å². The van der Waals surface area contributed by atoms with E-state index in [0.29, 0.717) is 0 Å². The molecule has 0 fully saturated rings. The van der Waals surface area contributed by atoms with E-state index < -0.39 is 0 Å². The fourth-order valence-corrected chi connectivity index (χ4v) is 2.50. The molecule has 0 spiro atoms. The Balaban J connectivity index is 0.000000460. The molecule has 0 bridgehead atoms. The molecule has 25 heavy (non-hydrogen) atoms. The molecule has 3 aromatic carbocycles. The summed E-state index contributed by atoms with van der Waals surface area (Å²) in [5, 5.41) is 0. The molecule has 0 heterocycles. The zero-order valence-electron chi connectivity index (χ0n) is 16.0. The van der Waals surface area contributed by atoms with E-state index in [1.165, 1.54) is 34.2 Å². The van der Waals surface area contributed by atoms with E-state index >= 15 is 0 Å². The number of allylic oxidation sites excluding steroid dienone is 1. The standard InChI is InChI=1S/C19H16.C3H8.C3H6/c1-15-18(16-9-4-2-5-10-16)13-8-14-19(15)17-11-6-3-7-12-17;2*1-3-2/h2-14H,1H3;3H2,1-2H3;3H,1H2,2H3. The van der Waals surface area contributed by atoms with Crippen LogP contribution in [-0.2, 0) is 0 Å². The summed E-state index contributed by atoms with van der Waals surface area (Å²) < 4.78 is 0. The molecule has 0 aliphatic rings. The first-order valence-electron chi connectivity index (χ1n) is 8.97. The summed E-state index contributed by atoms with van der Waals surface area (Å²) in [7, 11) is 0. The fourth-order valence-electron chi connectivity index (χ4n) is 2.50. The summed E-state index contributed by atoms with van der Waals surface area (Å²) in [4.78, 5) is 0. The molecular weight excluding hydrogens is 300 g/mol. The molecule has 3 rings (SSSR count). The molecule has 0 N–H and O–H groups in total. The van der Waals surface area contributed by atoms with Crippen LogP contribution in [0.15, 0.2) is 91.5 Å². The third-order valence-corrected chi connectivity index (χ3v) is 3.50. The van der Waals surface area contributed by atoms with Crippen LogP contribution in [-0.4, -0.2) is 0 Å². The van der Waals surface area contributed by atoms with Gasteiger partial charge in [-0.25, -0.2) is 0 Å². The van der Waals surface area contributed by atoms with Crippen molar-refractivity contribution in [2.24, 2.45) is 0 Å². The van der Waals surface area contributed by atoms with Gasteiger partial charge in [-0.05, 0) is 41.7 Å². The van der Waals surface area contributed by atoms with Gasteiger partial charge in [-0.15, -0.1) is 6.58 Å². The Morgan fingerprint density at radius 1 is 0.680 bits per heavy atom. The molecule has 0 saturated heterocycles. The third kappa shape index (κ3) is 6.43. The van der Waals surface area contributed by atoms with Crippen molar-refractivity contribution in [1.82, 2.24) is 0 Å². The van der Waals surface area contributed by atoms with Gasteiger partial charge in [0.25, 0.3) is 0 Å². The van der Waals surface area contributed by atoms with E-state index in [4.69, 9.17) is 0 Å². The van der Waals surface area contributed by atoms with Crippen LogP contribution in [0.3, 0.4) is 0 Å². The minimum Gasteiger partial charge on any atom is -0.103 e. The molecule has 0 amide bonds. The molecule has 0 heteroatoms. The lowest BCUT2D eigenvalue weighted by atomic mass is 9.93. The van der Waals surface area contributed by atoms with Gasteiger partial charge in [-0.1, -0.05) is 105 Å². The zero-order valence-corrected chi connectivity index (χ0v) is 16.0. The van der Waals surface area contributed by atoms with Crippen LogP contribution in [0.2, 0.25) is 0 Å². The highest BCUT2D eigenvalue weighted by molar-refractivity contribution is 5.78. The maximum absolute atomic E-state index is 3.36. The Bertz CT molecular complexity index is 667. The molecule has 0 nitrogen and oxygen atoms in total. The second-order valence-electron chi connectivity index (χ2n) is 5.83. The molecule has 0 unspecified atom stereocenters. The Hall–Kier alpha value is -2.60. The van der Waals surface area contributed by atoms with Gasteiger partial charge in [-0.2, -0.15) is 0 Å². The lowest BCUT2D eigenvalue weighted by Gasteiger charge is -2.11. The van der Waals surface area contributed by atoms with Gasteiger partial charge in [0.05, 0.1) is 0 Å². The van der Waals surface area contributed by atoms with Crippen LogP contribution in [0.1, 0.15) is 32.8 Å². The van der Waals surface area contributed by atoms with Gasteiger partial charge in [0.2, 0.25) is 0 Å². The molecule has 0 atom stereocenters. The van der Waals surface area contributed by atoms with Crippen LogP contribution in [0.4, 0.5) is 0 Å². The van der Waals surface area contributed by atoms with Crippen molar-refractivity contribution in [2.45, 2.75) is 34.1 Å². The van der Waals surface area contributed by atoms with Gasteiger partial charge in [0.15, 0.2) is 0 Å². The summed E-state index contributed by atoms with van der Waals surface area (Å²) in [5.74, 6) is 0. The summed E-state index contributed by atoms with van der Waals surface area (Å²) >= 11 is 0. The SMILES string of the molecule is C=CC.CCC.Cc1c(-c2ccccc2)cccc1-c1ccccc1. The van der Waals surface area contributed by atoms with Crippen molar-refractivity contribution >= 4 is 0 Å². The minimum atomic E-state index is 1.25. The second-order valence-corrected chi connectivity index (χ2v) is 5.83. The van der Waals surface area contributed by atoms with Gasteiger partial charge in [-0.3, -0.25) is 0 Å². The van der Waals surface area contributed by atoms with Gasteiger partial charge in [0, 0.05) is 0 Å². The van der Waals surface area contributed by atoms with Crippen molar-refractivity contribution in [1.29, 1.82) is 0 Å². The van der Waals surface area contributed by atoms with E-state index in [9.17, 15) is 0 Å². The second kappa shape index (κ2) is 11.9. The Kier molecular flexibility index (Phi) is 9.70. The van der Waals surface area contributed by atoms with Crippen molar-refractivity contribution in [3.63, 3.8) is 0 Å². The van der Waals surface area contributed by atoms with E-state index in [1.807, 2.05) is 6.92 Å². The lowest BCUT2D eigenvalue weighted by Crippen LogP contribution is -1.87. The monoisotopic (exact) mass is 330 g/mol. The zero-order chi connectivity index (χ0) is 18.5. The molecule has 0 aliphatic carbocycles. The molecule has 0 aliphatic heterocycles. The Morgan fingerprint density at radius 2 is 1.00 bits per heavy atom. The van der Waals surface area contributed by atoms with Crippen LogP contribution in [0.25, 0.3) is 22.3 Å². The van der Waals surface area contributed by atoms with E-state index in [-0.39, 0.29) is 0 Å². The van der Waals surface area contributed by atoms with Crippen molar-refractivity contribution < 1.29 is 0 Å². The van der Waals surface area contributed by atoms with Crippen LogP contribution < -0.4 is 0 Å². The highest BCUT2D eigenvalue weighted by atomic mass is 14.1. The van der Waals surface area contributed by atoms with Crippen LogP contribution >= 0.6 is 0 Å². The summed E-state index contributed by atoms with van der Waals surface area (Å²) in [6, 6.07) is 27.6. The molecular formula is C25H30. The summed E-state index contributed by atoms with van der Waals surface area (Å²) in [5.41, 5.74) is 6.50. The number of benzene rings is 3. The number of hydrogen-bond acceptors (Lipinski definition) is 0. The summed E-state index contributed by atoms with van der Waals surface area (Å²) in [6.45, 7) is 11.7. The van der Waals surface area contributed by atoms with Crippen molar-refractivity contribution in [2.75, 3.05) is 0 Å². The predicted octanol–water partition coefficient (Wildman–Crippen LogP) is 7.94. The highest BCUT2D eigenvalue weighted by Crippen LogP contribution is 2.31. The predicted molar refractivity (Wildman–Crippen MR) is 114 cm³/mol. The first-order chi connectivity index (χ1) is 12.2. The van der Waals surface area contributed by atoms with E-state index in [1.54, 1.807) is 6.08 Å². The van der Waals surface area contributed by atoms with E-state index in [2.05, 4.69) is 106 Å². The van der Waals surface area contributed by atoms with Crippen LogP contribution in [0.5, 0.6) is 0 Å². The number of hydrogen-bond donors (Lipinski definition) is 0. The molecule has 0 radical (unpaired) electrons. The average molecular weight is 331 g/mol. The van der Waals surface area contributed by atoms with Gasteiger partial charge >= 0.3 is 0 Å². The minimum absolute atomic E-state index is 1.25. The largest absolute Gasteiger partial charge is 0.103 e.